The third-order valence-electron chi connectivity index (χ3n) is 7.50. The summed E-state index contributed by atoms with van der Waals surface area (Å²) >= 11 is 0.977. The molecular formula is C31H34N2O4S. The van der Waals surface area contributed by atoms with Gasteiger partial charge in [-0.1, -0.05) is 43.5 Å². The number of carbonyl (C=O) groups excluding carboxylic acids is 2. The number of para-hydroxylation sites is 2. The minimum atomic E-state index is -0.287. The largest absolute Gasteiger partial charge is 0.493 e. The predicted octanol–water partition coefficient (Wildman–Crippen LogP) is 7.27. The first-order valence-corrected chi connectivity index (χ1v) is 14.1. The molecule has 0 unspecified atom stereocenters. The lowest BCUT2D eigenvalue weighted by Crippen LogP contribution is -2.32. The lowest BCUT2D eigenvalue weighted by Gasteiger charge is -2.22. The van der Waals surface area contributed by atoms with E-state index in [1.54, 1.807) is 19.2 Å². The number of benzene rings is 2. The minimum Gasteiger partial charge on any atom is -0.493 e. The SMILES string of the molecule is COc1ccccc1OCCN1C(=O)S/C(=C\c2cc(C)n(-c3ccc(C4CCCCC4)cc3)c2C)C1=O. The molecule has 1 aliphatic heterocycles. The Morgan fingerprint density at radius 2 is 1.68 bits per heavy atom. The molecule has 2 amide bonds. The summed E-state index contributed by atoms with van der Waals surface area (Å²) in [6.07, 6.45) is 8.41. The van der Waals surface area contributed by atoms with E-state index in [0.717, 1.165) is 34.4 Å². The van der Waals surface area contributed by atoms with Crippen LogP contribution in [0.1, 0.15) is 60.5 Å². The fourth-order valence-corrected chi connectivity index (χ4v) is 6.34. The molecule has 0 bridgehead atoms. The number of thioether (sulfide) groups is 1. The molecule has 6 nitrogen and oxygen atoms in total. The van der Waals surface area contributed by atoms with E-state index in [4.69, 9.17) is 9.47 Å². The maximum absolute atomic E-state index is 13.1. The number of rotatable bonds is 8. The molecule has 0 N–H and O–H groups in total. The van der Waals surface area contributed by atoms with Crippen molar-refractivity contribution in [2.45, 2.75) is 51.9 Å². The molecule has 38 heavy (non-hydrogen) atoms. The Kier molecular flexibility index (Phi) is 7.93. The highest BCUT2D eigenvalue weighted by Crippen LogP contribution is 2.35. The monoisotopic (exact) mass is 530 g/mol. The number of amides is 2. The summed E-state index contributed by atoms with van der Waals surface area (Å²) in [7, 11) is 1.58. The van der Waals surface area contributed by atoms with E-state index < -0.39 is 0 Å². The highest BCUT2D eigenvalue weighted by Gasteiger charge is 2.35. The molecule has 198 valence electrons. The van der Waals surface area contributed by atoms with Crippen LogP contribution in [0, 0.1) is 13.8 Å². The number of imide groups is 1. The standard InChI is InChI=1S/C31H34N2O4S/c1-21-19-25(22(2)33(21)26-15-13-24(14-16-26)23-9-5-4-6-10-23)20-29-30(34)32(31(35)38-29)17-18-37-28-12-8-7-11-27(28)36-3/h7-8,11-16,19-20,23H,4-6,9-10,17-18H2,1-3H3/b29-20-. The van der Waals surface area contributed by atoms with Crippen molar-refractivity contribution in [1.82, 2.24) is 9.47 Å². The number of aromatic nitrogens is 1. The van der Waals surface area contributed by atoms with Gasteiger partial charge >= 0.3 is 0 Å². The molecular weight excluding hydrogens is 496 g/mol. The van der Waals surface area contributed by atoms with Gasteiger partial charge in [0.15, 0.2) is 11.5 Å². The smallest absolute Gasteiger partial charge is 0.293 e. The number of ether oxygens (including phenoxy) is 2. The van der Waals surface area contributed by atoms with Gasteiger partial charge in [0.1, 0.15) is 6.61 Å². The van der Waals surface area contributed by atoms with E-state index in [9.17, 15) is 9.59 Å². The Balaban J connectivity index is 1.28. The molecule has 3 aromatic rings. The van der Waals surface area contributed by atoms with E-state index >= 15 is 0 Å². The van der Waals surface area contributed by atoms with E-state index in [-0.39, 0.29) is 24.3 Å². The van der Waals surface area contributed by atoms with Crippen LogP contribution in [0.4, 0.5) is 4.79 Å². The number of hydrogen-bond donors (Lipinski definition) is 0. The van der Waals surface area contributed by atoms with Gasteiger partial charge in [-0.25, -0.2) is 0 Å². The summed E-state index contributed by atoms with van der Waals surface area (Å²) in [6, 6.07) is 18.3. The third kappa shape index (κ3) is 5.39. The summed E-state index contributed by atoms with van der Waals surface area (Å²) < 4.78 is 13.3. The lowest BCUT2D eigenvalue weighted by atomic mass is 9.84. The van der Waals surface area contributed by atoms with Crippen LogP contribution in [0.5, 0.6) is 11.5 Å². The zero-order valence-corrected chi connectivity index (χ0v) is 23.1. The average molecular weight is 531 g/mol. The first-order valence-electron chi connectivity index (χ1n) is 13.3. The van der Waals surface area contributed by atoms with Crippen LogP contribution in [0.2, 0.25) is 0 Å². The Hall–Kier alpha value is -3.45. The maximum Gasteiger partial charge on any atom is 0.293 e. The van der Waals surface area contributed by atoms with Gasteiger partial charge in [0.25, 0.3) is 11.1 Å². The Bertz CT molecular complexity index is 1350. The van der Waals surface area contributed by atoms with Crippen LogP contribution in [0.15, 0.2) is 59.5 Å². The molecule has 0 atom stereocenters. The molecule has 1 aromatic heterocycles. The van der Waals surface area contributed by atoms with Gasteiger partial charge in [-0.05, 0) is 91.9 Å². The van der Waals surface area contributed by atoms with Crippen LogP contribution in [-0.4, -0.2) is 40.9 Å². The summed E-state index contributed by atoms with van der Waals surface area (Å²) in [5.74, 6) is 1.58. The van der Waals surface area contributed by atoms with Crippen molar-refractivity contribution in [3.05, 3.63) is 82.0 Å². The number of aryl methyl sites for hydroxylation is 1. The van der Waals surface area contributed by atoms with Crippen molar-refractivity contribution >= 4 is 29.0 Å². The fourth-order valence-electron chi connectivity index (χ4n) is 5.48. The van der Waals surface area contributed by atoms with Gasteiger partial charge in [-0.15, -0.1) is 0 Å². The normalized spacial score (nSPS) is 17.4. The zero-order chi connectivity index (χ0) is 26.6. The number of carbonyl (C=O) groups is 2. The highest BCUT2D eigenvalue weighted by atomic mass is 32.2. The average Bonchev–Trinajstić information content (AvgIpc) is 3.37. The van der Waals surface area contributed by atoms with Crippen molar-refractivity contribution < 1.29 is 19.1 Å². The van der Waals surface area contributed by atoms with Gasteiger partial charge in [-0.2, -0.15) is 0 Å². The molecule has 1 saturated carbocycles. The van der Waals surface area contributed by atoms with Gasteiger partial charge < -0.3 is 14.0 Å². The van der Waals surface area contributed by atoms with Crippen molar-refractivity contribution in [2.24, 2.45) is 0 Å². The third-order valence-corrected chi connectivity index (χ3v) is 8.41. The summed E-state index contributed by atoms with van der Waals surface area (Å²) in [4.78, 5) is 27.4. The summed E-state index contributed by atoms with van der Waals surface area (Å²) in [5.41, 5.74) is 5.61. The van der Waals surface area contributed by atoms with Gasteiger partial charge in [-0.3, -0.25) is 14.5 Å². The molecule has 0 radical (unpaired) electrons. The van der Waals surface area contributed by atoms with Crippen LogP contribution in [0.25, 0.3) is 11.8 Å². The molecule has 7 heteroatoms. The summed E-state index contributed by atoms with van der Waals surface area (Å²) in [6.45, 7) is 4.49. The van der Waals surface area contributed by atoms with Gasteiger partial charge in [0, 0.05) is 17.1 Å². The van der Waals surface area contributed by atoms with Crippen LogP contribution < -0.4 is 9.47 Å². The second kappa shape index (κ2) is 11.5. The van der Waals surface area contributed by atoms with Crippen LogP contribution >= 0.6 is 11.8 Å². The maximum atomic E-state index is 13.1. The molecule has 2 fully saturated rings. The van der Waals surface area contributed by atoms with Crippen molar-refractivity contribution in [3.63, 3.8) is 0 Å². The van der Waals surface area contributed by atoms with Gasteiger partial charge in [0.05, 0.1) is 18.6 Å². The topological polar surface area (TPSA) is 60.8 Å². The number of hydrogen-bond acceptors (Lipinski definition) is 5. The first-order chi connectivity index (χ1) is 18.5. The molecule has 2 aliphatic rings. The van der Waals surface area contributed by atoms with Crippen LogP contribution in [-0.2, 0) is 4.79 Å². The van der Waals surface area contributed by atoms with Crippen molar-refractivity contribution in [1.29, 1.82) is 0 Å². The van der Waals surface area contributed by atoms with E-state index in [1.807, 2.05) is 18.2 Å². The zero-order valence-electron chi connectivity index (χ0n) is 22.2. The molecule has 0 spiro atoms. The second-order valence-corrected chi connectivity index (χ2v) is 10.9. The van der Waals surface area contributed by atoms with E-state index in [0.29, 0.717) is 22.3 Å². The fraction of sp³-hybridized carbons (Fsp3) is 0.355. The Labute approximate surface area is 228 Å². The number of nitrogens with zero attached hydrogens (tertiary/aromatic N) is 2. The van der Waals surface area contributed by atoms with E-state index in [2.05, 4.69) is 48.7 Å². The second-order valence-electron chi connectivity index (χ2n) is 9.92. The minimum absolute atomic E-state index is 0.173. The lowest BCUT2D eigenvalue weighted by molar-refractivity contribution is -0.123. The Morgan fingerprint density at radius 1 is 0.974 bits per heavy atom. The summed E-state index contributed by atoms with van der Waals surface area (Å²) in [5, 5.41) is -0.281. The molecule has 1 aliphatic carbocycles. The first kappa shape index (κ1) is 26.2. The predicted molar refractivity (Wildman–Crippen MR) is 152 cm³/mol. The van der Waals surface area contributed by atoms with Crippen LogP contribution in [0.3, 0.4) is 0 Å². The van der Waals surface area contributed by atoms with E-state index in [1.165, 1.54) is 42.6 Å². The number of methoxy groups -OCH3 is 1. The van der Waals surface area contributed by atoms with Crippen molar-refractivity contribution in [3.8, 4) is 17.2 Å². The quantitative estimate of drug-likeness (QED) is 0.287. The molecule has 5 rings (SSSR count). The van der Waals surface area contributed by atoms with Crippen molar-refractivity contribution in [2.75, 3.05) is 20.3 Å². The highest BCUT2D eigenvalue weighted by molar-refractivity contribution is 8.18. The van der Waals surface area contributed by atoms with Gasteiger partial charge in [0.2, 0.25) is 0 Å². The molecule has 2 aromatic carbocycles. The molecule has 1 saturated heterocycles. The Morgan fingerprint density at radius 3 is 2.39 bits per heavy atom. The molecule has 2 heterocycles.